The highest BCUT2D eigenvalue weighted by molar-refractivity contribution is 7.48. The van der Waals surface area contributed by atoms with Crippen LogP contribution >= 0.6 is 7.82 Å². The summed E-state index contributed by atoms with van der Waals surface area (Å²) in [6.45, 7) is -3.27. The van der Waals surface area contributed by atoms with Gasteiger partial charge in [-0.25, -0.2) is 4.57 Å². The molecule has 0 aromatic rings. The molecular formula is C6H9F6O4P. The number of phosphoric ester groups is 1. The van der Waals surface area contributed by atoms with Gasteiger partial charge in [-0.15, -0.1) is 0 Å². The van der Waals surface area contributed by atoms with E-state index in [1.807, 2.05) is 0 Å². The van der Waals surface area contributed by atoms with Crippen molar-refractivity contribution in [3.8, 4) is 0 Å². The lowest BCUT2D eigenvalue weighted by atomic mass is 10.7. The Hall–Kier alpha value is -0.310. The first-order chi connectivity index (χ1) is 7.47. The van der Waals surface area contributed by atoms with Crippen LogP contribution in [0.3, 0.4) is 0 Å². The highest BCUT2D eigenvalue weighted by Gasteiger charge is 2.39. The standard InChI is InChI=1S/C6H9F6O4P/c1-2-14-17(13,15-3-5(7,8)9)16-4-6(10,11)12/h2-4H2,1H3. The van der Waals surface area contributed by atoms with E-state index in [9.17, 15) is 30.9 Å². The van der Waals surface area contributed by atoms with E-state index in [-0.39, 0.29) is 0 Å². The Morgan fingerprint density at radius 2 is 1.24 bits per heavy atom. The highest BCUT2D eigenvalue weighted by Crippen LogP contribution is 2.51. The number of hydrogen-bond acceptors (Lipinski definition) is 4. The molecule has 11 heteroatoms. The van der Waals surface area contributed by atoms with E-state index in [4.69, 9.17) is 0 Å². The van der Waals surface area contributed by atoms with Crippen LogP contribution in [0.1, 0.15) is 6.92 Å². The molecule has 17 heavy (non-hydrogen) atoms. The van der Waals surface area contributed by atoms with Gasteiger partial charge in [-0.3, -0.25) is 13.6 Å². The molecule has 0 saturated carbocycles. The zero-order chi connectivity index (χ0) is 13.7. The van der Waals surface area contributed by atoms with Gasteiger partial charge in [0, 0.05) is 0 Å². The number of hydrogen-bond donors (Lipinski definition) is 0. The molecular weight excluding hydrogens is 281 g/mol. The molecule has 0 spiro atoms. The molecule has 4 nitrogen and oxygen atoms in total. The first-order valence-corrected chi connectivity index (χ1v) is 5.61. The highest BCUT2D eigenvalue weighted by atomic mass is 31.2. The lowest BCUT2D eigenvalue weighted by molar-refractivity contribution is -0.170. The van der Waals surface area contributed by atoms with E-state index in [1.165, 1.54) is 6.92 Å². The Balaban J connectivity index is 4.41. The SMILES string of the molecule is CCOP(=O)(OCC(F)(F)F)OCC(F)(F)F. The van der Waals surface area contributed by atoms with E-state index >= 15 is 0 Å². The quantitative estimate of drug-likeness (QED) is 0.556. The molecule has 0 aliphatic heterocycles. The van der Waals surface area contributed by atoms with E-state index in [0.717, 1.165) is 0 Å². The third kappa shape index (κ3) is 9.40. The van der Waals surface area contributed by atoms with Crippen LogP contribution in [0.4, 0.5) is 26.3 Å². The van der Waals surface area contributed by atoms with Gasteiger partial charge in [0.25, 0.3) is 0 Å². The minimum atomic E-state index is -4.85. The second-order valence-electron chi connectivity index (χ2n) is 2.64. The van der Waals surface area contributed by atoms with Crippen LogP contribution in [0.25, 0.3) is 0 Å². The third-order valence-electron chi connectivity index (χ3n) is 1.06. The molecule has 0 heterocycles. The summed E-state index contributed by atoms with van der Waals surface area (Å²) in [5.74, 6) is 0. The number of alkyl halides is 6. The van der Waals surface area contributed by atoms with Crippen molar-refractivity contribution >= 4 is 7.82 Å². The van der Waals surface area contributed by atoms with Crippen LogP contribution in [0.15, 0.2) is 0 Å². The van der Waals surface area contributed by atoms with Crippen molar-refractivity contribution in [2.24, 2.45) is 0 Å². The molecule has 0 bridgehead atoms. The summed E-state index contributed by atoms with van der Waals surface area (Å²) in [6, 6.07) is 0. The monoisotopic (exact) mass is 290 g/mol. The number of rotatable bonds is 6. The minimum absolute atomic E-state index is 0.424. The summed E-state index contributed by atoms with van der Waals surface area (Å²) in [6.07, 6.45) is -9.71. The van der Waals surface area contributed by atoms with Crippen molar-refractivity contribution < 1.29 is 44.5 Å². The second-order valence-corrected chi connectivity index (χ2v) is 4.31. The number of phosphoric acid groups is 1. The minimum Gasteiger partial charge on any atom is -0.287 e. The topological polar surface area (TPSA) is 44.8 Å². The Kier molecular flexibility index (Phi) is 5.92. The van der Waals surface area contributed by atoms with Gasteiger partial charge in [0.15, 0.2) is 13.2 Å². The summed E-state index contributed by atoms with van der Waals surface area (Å²) in [5, 5.41) is 0. The summed E-state index contributed by atoms with van der Waals surface area (Å²) < 4.78 is 93.1. The smallest absolute Gasteiger partial charge is 0.287 e. The summed E-state index contributed by atoms with van der Waals surface area (Å²) >= 11 is 0. The van der Waals surface area contributed by atoms with E-state index in [0.29, 0.717) is 0 Å². The lowest BCUT2D eigenvalue weighted by Crippen LogP contribution is -2.20. The molecule has 104 valence electrons. The molecule has 0 aliphatic rings. The van der Waals surface area contributed by atoms with E-state index in [1.54, 1.807) is 0 Å². The molecule has 0 radical (unpaired) electrons. The maximum absolute atomic E-state index is 11.7. The Morgan fingerprint density at radius 1 is 0.882 bits per heavy atom. The van der Waals surface area contributed by atoms with Crippen LogP contribution in [0.2, 0.25) is 0 Å². The summed E-state index contributed by atoms with van der Waals surface area (Å²) in [5.41, 5.74) is 0. The Morgan fingerprint density at radius 3 is 1.47 bits per heavy atom. The molecule has 0 N–H and O–H groups in total. The zero-order valence-electron chi connectivity index (χ0n) is 8.47. The van der Waals surface area contributed by atoms with Gasteiger partial charge in [-0.05, 0) is 6.92 Å². The van der Waals surface area contributed by atoms with Gasteiger partial charge in [-0.2, -0.15) is 26.3 Å². The Labute approximate surface area is 92.4 Å². The molecule has 0 amide bonds. The van der Waals surface area contributed by atoms with Gasteiger partial charge in [0.05, 0.1) is 6.61 Å². The molecule has 0 aliphatic carbocycles. The average Bonchev–Trinajstić information content (AvgIpc) is 2.11. The normalized spacial score (nSPS) is 14.1. The van der Waals surface area contributed by atoms with Crippen LogP contribution in [0, 0.1) is 0 Å². The van der Waals surface area contributed by atoms with Crippen LogP contribution in [-0.2, 0) is 18.1 Å². The lowest BCUT2D eigenvalue weighted by Gasteiger charge is -2.18. The van der Waals surface area contributed by atoms with Crippen molar-refractivity contribution in [3.05, 3.63) is 0 Å². The zero-order valence-corrected chi connectivity index (χ0v) is 9.36. The van der Waals surface area contributed by atoms with Crippen molar-refractivity contribution in [3.63, 3.8) is 0 Å². The molecule has 0 aromatic heterocycles. The average molecular weight is 290 g/mol. The fourth-order valence-corrected chi connectivity index (χ4v) is 1.72. The van der Waals surface area contributed by atoms with Crippen LogP contribution in [0.5, 0.6) is 0 Å². The summed E-state index contributed by atoms with van der Waals surface area (Å²) in [7, 11) is -4.85. The van der Waals surface area contributed by atoms with Crippen molar-refractivity contribution in [2.75, 3.05) is 19.8 Å². The molecule has 0 unspecified atom stereocenters. The predicted molar refractivity (Wildman–Crippen MR) is 43.2 cm³/mol. The fraction of sp³-hybridized carbons (Fsp3) is 1.00. The second kappa shape index (κ2) is 6.03. The van der Waals surface area contributed by atoms with Crippen molar-refractivity contribution in [2.45, 2.75) is 19.3 Å². The first-order valence-electron chi connectivity index (χ1n) is 4.14. The largest absolute Gasteiger partial charge is 0.475 e. The summed E-state index contributed by atoms with van der Waals surface area (Å²) in [4.78, 5) is 0. The van der Waals surface area contributed by atoms with Gasteiger partial charge in [0.2, 0.25) is 0 Å². The molecule has 0 aromatic carbocycles. The predicted octanol–water partition coefficient (Wildman–Crippen LogP) is 3.29. The Bertz CT molecular complexity index is 253. The maximum Gasteiger partial charge on any atom is 0.475 e. The van der Waals surface area contributed by atoms with Crippen LogP contribution < -0.4 is 0 Å². The van der Waals surface area contributed by atoms with E-state index in [2.05, 4.69) is 13.6 Å². The molecule has 0 atom stereocenters. The van der Waals surface area contributed by atoms with E-state index < -0.39 is 40.0 Å². The van der Waals surface area contributed by atoms with Crippen molar-refractivity contribution in [1.29, 1.82) is 0 Å². The van der Waals surface area contributed by atoms with Gasteiger partial charge in [-0.1, -0.05) is 0 Å². The van der Waals surface area contributed by atoms with Crippen molar-refractivity contribution in [1.82, 2.24) is 0 Å². The first kappa shape index (κ1) is 16.7. The third-order valence-corrected chi connectivity index (χ3v) is 2.52. The van der Waals surface area contributed by atoms with Gasteiger partial charge < -0.3 is 0 Å². The fourth-order valence-electron chi connectivity index (χ4n) is 0.574. The van der Waals surface area contributed by atoms with Gasteiger partial charge in [0.1, 0.15) is 0 Å². The molecule has 0 saturated heterocycles. The van der Waals surface area contributed by atoms with Gasteiger partial charge >= 0.3 is 20.2 Å². The number of halogens is 6. The maximum atomic E-state index is 11.7. The molecule has 0 fully saturated rings. The molecule has 0 rings (SSSR count). The van der Waals surface area contributed by atoms with Crippen LogP contribution in [-0.4, -0.2) is 32.2 Å².